The van der Waals surface area contributed by atoms with Gasteiger partial charge in [0.2, 0.25) is 0 Å². The second-order valence-electron chi connectivity index (χ2n) is 7.90. The van der Waals surface area contributed by atoms with Crippen molar-refractivity contribution in [3.05, 3.63) is 88.9 Å². The van der Waals surface area contributed by atoms with Crippen LogP contribution in [0, 0.1) is 12.3 Å². The van der Waals surface area contributed by atoms with Gasteiger partial charge in [0.1, 0.15) is 18.0 Å². The van der Waals surface area contributed by atoms with Gasteiger partial charge in [-0.15, -0.1) is 0 Å². The highest BCUT2D eigenvalue weighted by atomic mass is 15.2. The normalized spacial score (nSPS) is 12.9. The molecule has 4 rings (SSSR count). The minimum atomic E-state index is 0.297. The highest BCUT2D eigenvalue weighted by Crippen LogP contribution is 2.39. The first-order valence-corrected chi connectivity index (χ1v) is 10.7. The predicted octanol–water partition coefficient (Wildman–Crippen LogP) is 5.26. The van der Waals surface area contributed by atoms with E-state index in [1.54, 1.807) is 6.92 Å². The predicted molar refractivity (Wildman–Crippen MR) is 134 cm³/mol. The van der Waals surface area contributed by atoms with Gasteiger partial charge in [-0.25, -0.2) is 9.97 Å². The number of aromatic nitrogens is 2. The minimum absolute atomic E-state index is 0.297. The van der Waals surface area contributed by atoms with E-state index in [0.717, 1.165) is 34.6 Å². The average molecular weight is 425 g/mol. The summed E-state index contributed by atoms with van der Waals surface area (Å²) in [5, 5.41) is 11.5. The van der Waals surface area contributed by atoms with Crippen LogP contribution in [-0.4, -0.2) is 22.2 Å². The van der Waals surface area contributed by atoms with E-state index in [0.29, 0.717) is 29.5 Å². The number of hydrogen-bond acceptors (Lipinski definition) is 6. The van der Waals surface area contributed by atoms with Gasteiger partial charge in [0.15, 0.2) is 0 Å². The molecule has 0 spiro atoms. The lowest BCUT2D eigenvalue weighted by Crippen LogP contribution is -2.29. The van der Waals surface area contributed by atoms with Gasteiger partial charge >= 0.3 is 0 Å². The van der Waals surface area contributed by atoms with Crippen LogP contribution >= 0.6 is 0 Å². The Labute approximate surface area is 189 Å². The van der Waals surface area contributed by atoms with Gasteiger partial charge < -0.3 is 21.4 Å². The molecule has 6 nitrogen and oxygen atoms in total. The van der Waals surface area contributed by atoms with Crippen molar-refractivity contribution < 1.29 is 0 Å². The van der Waals surface area contributed by atoms with E-state index >= 15 is 0 Å². The Balaban J connectivity index is 1.80. The van der Waals surface area contributed by atoms with E-state index in [2.05, 4.69) is 89.2 Å². The summed E-state index contributed by atoms with van der Waals surface area (Å²) in [6, 6.07) is 14.7. The quantitative estimate of drug-likeness (QED) is 0.470. The maximum atomic E-state index is 8.08. The molecule has 0 aliphatic carbocycles. The van der Waals surface area contributed by atoms with Crippen molar-refractivity contribution in [2.45, 2.75) is 27.2 Å². The van der Waals surface area contributed by atoms with Crippen molar-refractivity contribution in [2.75, 3.05) is 22.5 Å². The number of nitrogen functional groups attached to an aromatic ring is 1. The number of nitrogens with two attached hydrogens (primary N) is 1. The van der Waals surface area contributed by atoms with Crippen molar-refractivity contribution in [1.82, 2.24) is 9.97 Å². The molecule has 4 N–H and O–H groups in total. The van der Waals surface area contributed by atoms with Crippen LogP contribution in [-0.2, 0) is 6.42 Å². The van der Waals surface area contributed by atoms with E-state index in [4.69, 9.17) is 11.1 Å². The average Bonchev–Trinajstić information content (AvgIpc) is 2.77. The highest BCUT2D eigenvalue weighted by molar-refractivity contribution is 6.04. The molecular weight excluding hydrogens is 396 g/mol. The molecule has 0 amide bonds. The number of para-hydroxylation sites is 1. The van der Waals surface area contributed by atoms with Gasteiger partial charge in [0.05, 0.1) is 12.1 Å². The third-order valence-corrected chi connectivity index (χ3v) is 5.77. The van der Waals surface area contributed by atoms with E-state index in [1.165, 1.54) is 17.5 Å². The fourth-order valence-electron chi connectivity index (χ4n) is 4.27. The van der Waals surface area contributed by atoms with Gasteiger partial charge in [-0.2, -0.15) is 0 Å². The second kappa shape index (κ2) is 8.67. The molecule has 2 heterocycles. The summed E-state index contributed by atoms with van der Waals surface area (Å²) in [5.74, 6) is 0.849. The second-order valence-corrected chi connectivity index (χ2v) is 7.90. The molecular formula is C26H28N6. The third-order valence-electron chi connectivity index (χ3n) is 5.77. The fourth-order valence-corrected chi connectivity index (χ4v) is 4.27. The van der Waals surface area contributed by atoms with Crippen LogP contribution in [0.4, 0.5) is 17.3 Å². The molecule has 0 atom stereocenters. The molecule has 0 unspecified atom stereocenters. The van der Waals surface area contributed by atoms with Gasteiger partial charge in [-0.05, 0) is 49.1 Å². The Morgan fingerprint density at radius 3 is 2.69 bits per heavy atom. The molecule has 0 saturated heterocycles. The molecule has 1 aliphatic heterocycles. The lowest BCUT2D eigenvalue weighted by molar-refractivity contribution is 1.04. The Hall–Kier alpha value is -3.93. The van der Waals surface area contributed by atoms with Crippen LogP contribution in [0.1, 0.15) is 41.7 Å². The van der Waals surface area contributed by atoms with E-state index < -0.39 is 0 Å². The van der Waals surface area contributed by atoms with Crippen molar-refractivity contribution in [3.63, 3.8) is 0 Å². The summed E-state index contributed by atoms with van der Waals surface area (Å²) in [4.78, 5) is 10.6. The van der Waals surface area contributed by atoms with Gasteiger partial charge in [-0.1, -0.05) is 49.9 Å². The van der Waals surface area contributed by atoms with E-state index in [9.17, 15) is 0 Å². The van der Waals surface area contributed by atoms with E-state index in [-0.39, 0.29) is 0 Å². The Bertz CT molecular complexity index is 1240. The molecule has 0 fully saturated rings. The van der Waals surface area contributed by atoms with Crippen LogP contribution < -0.4 is 16.0 Å². The fraction of sp³-hybridized carbons (Fsp3) is 0.192. The number of nitrogens with one attached hydrogen (secondary N) is 2. The number of anilines is 3. The van der Waals surface area contributed by atoms with Crippen molar-refractivity contribution in [1.29, 1.82) is 5.41 Å². The van der Waals surface area contributed by atoms with Gasteiger partial charge in [-0.3, -0.25) is 0 Å². The van der Waals surface area contributed by atoms with Crippen LogP contribution in [0.25, 0.3) is 11.8 Å². The Kier molecular flexibility index (Phi) is 5.77. The lowest BCUT2D eigenvalue weighted by Gasteiger charge is -2.36. The number of fused-ring (bicyclic) bond motifs is 1. The zero-order valence-electron chi connectivity index (χ0n) is 18.7. The first-order chi connectivity index (χ1) is 15.4. The summed E-state index contributed by atoms with van der Waals surface area (Å²) in [5.41, 5.74) is 14.7. The Morgan fingerprint density at radius 1 is 1.16 bits per heavy atom. The molecule has 3 aromatic rings. The standard InChI is InChI=1S/C26H28N6/c1-5-19-10-6-7-12-22(19)32-18(4)23-16(2)9-8-11-20(23)13-21(32)14-29-26-24(17(3)27)25(28)30-15-31-26/h6-13,15,27H,4-5,14H2,1-3H3,(H3,28,29,30,31). The minimum Gasteiger partial charge on any atom is -0.383 e. The molecule has 0 bridgehead atoms. The summed E-state index contributed by atoms with van der Waals surface area (Å²) < 4.78 is 0. The molecule has 0 saturated carbocycles. The summed E-state index contributed by atoms with van der Waals surface area (Å²) in [7, 11) is 0. The van der Waals surface area contributed by atoms with Crippen molar-refractivity contribution in [2.24, 2.45) is 0 Å². The number of rotatable bonds is 6. The number of benzene rings is 2. The smallest absolute Gasteiger partial charge is 0.140 e. The van der Waals surface area contributed by atoms with Gasteiger partial charge in [0.25, 0.3) is 0 Å². The van der Waals surface area contributed by atoms with Crippen LogP contribution in [0.3, 0.4) is 0 Å². The van der Waals surface area contributed by atoms with Crippen molar-refractivity contribution in [3.8, 4) is 0 Å². The third kappa shape index (κ3) is 3.75. The van der Waals surface area contributed by atoms with Crippen LogP contribution in [0.2, 0.25) is 0 Å². The zero-order valence-corrected chi connectivity index (χ0v) is 18.7. The largest absolute Gasteiger partial charge is 0.383 e. The molecule has 162 valence electrons. The van der Waals surface area contributed by atoms with E-state index in [1.807, 2.05) is 0 Å². The first-order valence-electron chi connectivity index (χ1n) is 10.7. The maximum Gasteiger partial charge on any atom is 0.140 e. The van der Waals surface area contributed by atoms with Gasteiger partial charge in [0, 0.05) is 28.4 Å². The summed E-state index contributed by atoms with van der Waals surface area (Å²) in [6.45, 7) is 10.9. The highest BCUT2D eigenvalue weighted by Gasteiger charge is 2.26. The molecule has 2 aromatic carbocycles. The molecule has 1 aromatic heterocycles. The molecule has 6 heteroatoms. The molecule has 32 heavy (non-hydrogen) atoms. The first kappa shape index (κ1) is 21.3. The van der Waals surface area contributed by atoms with Crippen molar-refractivity contribution >= 4 is 34.8 Å². The van der Waals surface area contributed by atoms with Crippen LogP contribution in [0.5, 0.6) is 0 Å². The molecule has 1 aliphatic rings. The lowest BCUT2D eigenvalue weighted by atomic mass is 9.93. The summed E-state index contributed by atoms with van der Waals surface area (Å²) in [6.07, 6.45) is 4.53. The number of hydrogen-bond donors (Lipinski definition) is 3. The summed E-state index contributed by atoms with van der Waals surface area (Å²) >= 11 is 0. The molecule has 0 radical (unpaired) electrons. The monoisotopic (exact) mass is 424 g/mol. The maximum absolute atomic E-state index is 8.08. The topological polar surface area (TPSA) is 90.9 Å². The number of nitrogens with zero attached hydrogens (tertiary/aromatic N) is 3. The SMILES string of the molecule is C=C1c2c(C)cccc2C=C(CNc2ncnc(N)c2C(C)=N)N1c1ccccc1CC. The zero-order chi connectivity index (χ0) is 22.8. The van der Waals surface area contributed by atoms with Crippen LogP contribution in [0.15, 0.2) is 61.1 Å². The number of aryl methyl sites for hydroxylation is 2. The Morgan fingerprint density at radius 2 is 1.94 bits per heavy atom.